The Morgan fingerprint density at radius 1 is 1.18 bits per heavy atom. The van der Waals surface area contributed by atoms with Crippen LogP contribution in [0.2, 0.25) is 0 Å². The lowest BCUT2D eigenvalue weighted by Gasteiger charge is -2.38. The Bertz CT molecular complexity index is 395. The van der Waals surface area contributed by atoms with Crippen molar-refractivity contribution in [1.29, 1.82) is 5.26 Å². The second kappa shape index (κ2) is 4.52. The number of carbonyl (C=O) groups excluding carboxylic acids is 1. The van der Waals surface area contributed by atoms with Crippen molar-refractivity contribution in [1.82, 2.24) is 4.90 Å². The van der Waals surface area contributed by atoms with Gasteiger partial charge >= 0.3 is 0 Å². The number of hydrogen-bond acceptors (Lipinski definition) is 3. The van der Waals surface area contributed by atoms with Crippen LogP contribution >= 0.6 is 0 Å². The fraction of sp³-hybridized carbons (Fsp3) is 0.714. The number of likely N-dealkylation sites (tertiary alicyclic amines) is 1. The lowest BCUT2D eigenvalue weighted by atomic mass is 9.75. The van der Waals surface area contributed by atoms with Crippen molar-refractivity contribution in [2.75, 3.05) is 13.1 Å². The van der Waals surface area contributed by atoms with Crippen molar-refractivity contribution in [2.24, 2.45) is 5.41 Å². The van der Waals surface area contributed by atoms with Crippen molar-refractivity contribution in [2.45, 2.75) is 46.0 Å². The molecule has 1 aliphatic carbocycles. The summed E-state index contributed by atoms with van der Waals surface area (Å²) in [6, 6.07) is 2.13. The predicted molar refractivity (Wildman–Crippen MR) is 66.1 cm³/mol. The van der Waals surface area contributed by atoms with Gasteiger partial charge in [-0.05, 0) is 31.1 Å². The standard InChI is InChI=1S/C14H20N2O/c1-14(2)8-12(11(10-15)13(17)9-14)16-6-4-3-5-7-16/h3-9H2,1-2H3. The monoisotopic (exact) mass is 232 g/mol. The zero-order valence-corrected chi connectivity index (χ0v) is 10.8. The molecule has 0 aromatic carbocycles. The van der Waals surface area contributed by atoms with Crippen molar-refractivity contribution in [3.8, 4) is 6.07 Å². The first-order valence-electron chi connectivity index (χ1n) is 6.45. The molecule has 1 saturated heterocycles. The van der Waals surface area contributed by atoms with Crippen molar-refractivity contribution in [3.63, 3.8) is 0 Å². The van der Waals surface area contributed by atoms with Gasteiger partial charge < -0.3 is 4.90 Å². The quantitative estimate of drug-likeness (QED) is 0.698. The maximum Gasteiger partial charge on any atom is 0.175 e. The van der Waals surface area contributed by atoms with Crippen LogP contribution < -0.4 is 0 Å². The summed E-state index contributed by atoms with van der Waals surface area (Å²) in [7, 11) is 0. The second-order valence-corrected chi connectivity index (χ2v) is 5.92. The van der Waals surface area contributed by atoms with Crippen LogP contribution in [0.5, 0.6) is 0 Å². The van der Waals surface area contributed by atoms with E-state index in [0.29, 0.717) is 12.0 Å². The number of nitriles is 1. The number of piperidine rings is 1. The summed E-state index contributed by atoms with van der Waals surface area (Å²) in [4.78, 5) is 14.3. The lowest BCUT2D eigenvalue weighted by molar-refractivity contribution is -0.118. The van der Waals surface area contributed by atoms with Gasteiger partial charge in [0.1, 0.15) is 11.6 Å². The molecule has 3 heteroatoms. The van der Waals surface area contributed by atoms with Gasteiger partial charge in [0.05, 0.1) is 0 Å². The molecule has 2 aliphatic rings. The van der Waals surface area contributed by atoms with Crippen LogP contribution in [0.3, 0.4) is 0 Å². The summed E-state index contributed by atoms with van der Waals surface area (Å²) >= 11 is 0. The molecule has 1 heterocycles. The van der Waals surface area contributed by atoms with Crippen molar-refractivity contribution in [3.05, 3.63) is 11.3 Å². The zero-order chi connectivity index (χ0) is 12.5. The molecule has 0 N–H and O–H groups in total. The molecule has 0 atom stereocenters. The van der Waals surface area contributed by atoms with E-state index in [1.54, 1.807) is 0 Å². The maximum absolute atomic E-state index is 12.0. The molecule has 1 aliphatic heterocycles. The summed E-state index contributed by atoms with van der Waals surface area (Å²) in [5, 5.41) is 9.18. The van der Waals surface area contributed by atoms with E-state index in [2.05, 4.69) is 24.8 Å². The van der Waals surface area contributed by atoms with Gasteiger partial charge in [-0.2, -0.15) is 5.26 Å². The SMILES string of the molecule is CC1(C)CC(=O)C(C#N)=C(N2CCCCC2)C1. The van der Waals surface area contributed by atoms with Crippen LogP contribution in [-0.4, -0.2) is 23.8 Å². The molecular formula is C14H20N2O. The van der Waals surface area contributed by atoms with Gasteiger partial charge in [-0.3, -0.25) is 4.79 Å². The number of nitrogens with zero attached hydrogens (tertiary/aromatic N) is 2. The average Bonchev–Trinajstić information content (AvgIpc) is 2.28. The molecule has 0 bridgehead atoms. The molecule has 1 fully saturated rings. The highest BCUT2D eigenvalue weighted by Crippen LogP contribution is 2.38. The highest BCUT2D eigenvalue weighted by Gasteiger charge is 2.35. The number of hydrogen-bond donors (Lipinski definition) is 0. The van der Waals surface area contributed by atoms with E-state index in [1.165, 1.54) is 19.3 Å². The van der Waals surface area contributed by atoms with Crippen LogP contribution in [0.25, 0.3) is 0 Å². The van der Waals surface area contributed by atoms with E-state index in [-0.39, 0.29) is 11.2 Å². The number of Topliss-reactive ketones (excluding diaryl/α,β-unsaturated/α-hetero) is 1. The number of rotatable bonds is 1. The van der Waals surface area contributed by atoms with E-state index in [0.717, 1.165) is 25.2 Å². The van der Waals surface area contributed by atoms with E-state index < -0.39 is 0 Å². The van der Waals surface area contributed by atoms with Gasteiger partial charge in [-0.15, -0.1) is 0 Å². The average molecular weight is 232 g/mol. The van der Waals surface area contributed by atoms with E-state index in [1.807, 2.05) is 0 Å². The van der Waals surface area contributed by atoms with E-state index in [9.17, 15) is 10.1 Å². The third-order valence-electron chi connectivity index (χ3n) is 3.70. The molecule has 0 spiro atoms. The van der Waals surface area contributed by atoms with Crippen LogP contribution in [0.15, 0.2) is 11.3 Å². The normalized spacial score (nSPS) is 24.8. The number of allylic oxidation sites excluding steroid dienone is 2. The molecule has 92 valence electrons. The van der Waals surface area contributed by atoms with Gasteiger partial charge in [0.15, 0.2) is 5.78 Å². The molecule has 3 nitrogen and oxygen atoms in total. The first-order valence-corrected chi connectivity index (χ1v) is 6.45. The van der Waals surface area contributed by atoms with E-state index >= 15 is 0 Å². The summed E-state index contributed by atoms with van der Waals surface area (Å²) in [6.07, 6.45) is 4.99. The molecule has 0 aromatic rings. The molecule has 2 rings (SSSR count). The largest absolute Gasteiger partial charge is 0.374 e. The van der Waals surface area contributed by atoms with Gasteiger partial charge in [-0.25, -0.2) is 0 Å². The summed E-state index contributed by atoms with van der Waals surface area (Å²) < 4.78 is 0. The van der Waals surface area contributed by atoms with Gasteiger partial charge in [-0.1, -0.05) is 13.8 Å². The summed E-state index contributed by atoms with van der Waals surface area (Å²) in [5.41, 5.74) is 1.43. The second-order valence-electron chi connectivity index (χ2n) is 5.92. The Labute approximate surface area is 103 Å². The van der Waals surface area contributed by atoms with Crippen LogP contribution in [0.4, 0.5) is 0 Å². The molecule has 0 saturated carbocycles. The minimum Gasteiger partial charge on any atom is -0.374 e. The van der Waals surface area contributed by atoms with Crippen LogP contribution in [0.1, 0.15) is 46.0 Å². The highest BCUT2D eigenvalue weighted by molar-refractivity contribution is 6.01. The van der Waals surface area contributed by atoms with Gasteiger partial charge in [0.2, 0.25) is 0 Å². The fourth-order valence-electron chi connectivity index (χ4n) is 2.85. The zero-order valence-electron chi connectivity index (χ0n) is 10.8. The molecule has 0 unspecified atom stereocenters. The Morgan fingerprint density at radius 3 is 2.41 bits per heavy atom. The summed E-state index contributed by atoms with van der Waals surface area (Å²) in [5.74, 6) is 0.0318. The third kappa shape index (κ3) is 2.52. The minimum absolute atomic E-state index is 0.00418. The predicted octanol–water partition coefficient (Wildman–Crippen LogP) is 2.64. The molecular weight excluding hydrogens is 212 g/mol. The van der Waals surface area contributed by atoms with Crippen molar-refractivity contribution >= 4 is 5.78 Å². The Kier molecular flexibility index (Phi) is 3.24. The number of carbonyl (C=O) groups is 1. The molecule has 0 amide bonds. The van der Waals surface area contributed by atoms with Crippen molar-refractivity contribution < 1.29 is 4.79 Å². The van der Waals surface area contributed by atoms with Crippen LogP contribution in [-0.2, 0) is 4.79 Å². The van der Waals surface area contributed by atoms with Gasteiger partial charge in [0, 0.05) is 25.2 Å². The third-order valence-corrected chi connectivity index (χ3v) is 3.70. The first-order chi connectivity index (χ1) is 8.03. The Hall–Kier alpha value is -1.30. The Balaban J connectivity index is 2.32. The Morgan fingerprint density at radius 2 is 1.82 bits per heavy atom. The topological polar surface area (TPSA) is 44.1 Å². The van der Waals surface area contributed by atoms with E-state index in [4.69, 9.17) is 0 Å². The van der Waals surface area contributed by atoms with Crippen LogP contribution in [0, 0.1) is 16.7 Å². The summed E-state index contributed by atoms with van der Waals surface area (Å²) in [6.45, 7) is 6.24. The molecule has 17 heavy (non-hydrogen) atoms. The number of ketones is 1. The fourth-order valence-corrected chi connectivity index (χ4v) is 2.85. The lowest BCUT2D eigenvalue weighted by Crippen LogP contribution is -2.36. The first kappa shape index (κ1) is 12.2. The molecule has 0 radical (unpaired) electrons. The highest BCUT2D eigenvalue weighted by atomic mass is 16.1. The minimum atomic E-state index is 0.00418. The van der Waals surface area contributed by atoms with Gasteiger partial charge in [0.25, 0.3) is 0 Å². The smallest absolute Gasteiger partial charge is 0.175 e. The molecule has 0 aromatic heterocycles. The maximum atomic E-state index is 12.0.